The Hall–Kier alpha value is -3.76. The molecule has 0 fully saturated rings. The second-order valence-electron chi connectivity index (χ2n) is 8.14. The fraction of sp³-hybridized carbons (Fsp3) is 0.0667. The standard InChI is InChI=1S/C30H21BrCl2N2O3/c31-27-15-21(6-13-29(27)38-19-22-7-8-24(32)16-28(22)33)14-23(17-34)30(36)35-25-9-11-26(12-10-25)37-18-20-4-2-1-3-5-20/h1-16H,18-19H2,(H,35,36)/b23-14+. The number of rotatable bonds is 9. The number of carbonyl (C=O) groups is 1. The van der Waals surface area contributed by atoms with Crippen LogP contribution in [0.15, 0.2) is 101 Å². The molecule has 4 aromatic rings. The van der Waals surface area contributed by atoms with E-state index >= 15 is 0 Å². The van der Waals surface area contributed by atoms with E-state index in [4.69, 9.17) is 32.7 Å². The number of hydrogen-bond donors (Lipinski definition) is 1. The lowest BCUT2D eigenvalue weighted by atomic mass is 10.1. The SMILES string of the molecule is N#C/C(=C\c1ccc(OCc2ccc(Cl)cc2Cl)c(Br)c1)C(=O)Nc1ccc(OCc2ccccc2)cc1. The highest BCUT2D eigenvalue weighted by Gasteiger charge is 2.11. The number of nitrogens with zero attached hydrogens (tertiary/aromatic N) is 1. The van der Waals surface area contributed by atoms with Gasteiger partial charge in [-0.3, -0.25) is 4.79 Å². The molecule has 5 nitrogen and oxygen atoms in total. The summed E-state index contributed by atoms with van der Waals surface area (Å²) in [5.74, 6) is 0.748. The predicted molar refractivity (Wildman–Crippen MR) is 154 cm³/mol. The summed E-state index contributed by atoms with van der Waals surface area (Å²) in [6, 6.07) is 29.3. The summed E-state index contributed by atoms with van der Waals surface area (Å²) in [6.07, 6.45) is 1.51. The summed E-state index contributed by atoms with van der Waals surface area (Å²) < 4.78 is 12.3. The highest BCUT2D eigenvalue weighted by molar-refractivity contribution is 9.10. The maximum atomic E-state index is 12.7. The van der Waals surface area contributed by atoms with Gasteiger partial charge in [-0.2, -0.15) is 5.26 Å². The summed E-state index contributed by atoms with van der Waals surface area (Å²) in [5.41, 5.74) is 3.03. The number of nitriles is 1. The minimum atomic E-state index is -0.515. The zero-order chi connectivity index (χ0) is 26.9. The number of ether oxygens (including phenoxy) is 2. The van der Waals surface area contributed by atoms with Crippen molar-refractivity contribution in [3.8, 4) is 17.6 Å². The Labute approximate surface area is 239 Å². The Kier molecular flexibility index (Phi) is 9.45. The van der Waals surface area contributed by atoms with Crippen molar-refractivity contribution >= 4 is 56.8 Å². The van der Waals surface area contributed by atoms with Crippen LogP contribution < -0.4 is 14.8 Å². The molecule has 4 rings (SSSR count). The number of halogens is 3. The van der Waals surface area contributed by atoms with Crippen LogP contribution in [0.25, 0.3) is 6.08 Å². The lowest BCUT2D eigenvalue weighted by Crippen LogP contribution is -2.13. The normalized spacial score (nSPS) is 10.9. The molecule has 0 aliphatic heterocycles. The first kappa shape index (κ1) is 27.3. The molecule has 0 aliphatic carbocycles. The van der Waals surface area contributed by atoms with Crippen molar-refractivity contribution < 1.29 is 14.3 Å². The largest absolute Gasteiger partial charge is 0.489 e. The Morgan fingerprint density at radius 3 is 2.37 bits per heavy atom. The van der Waals surface area contributed by atoms with E-state index in [1.54, 1.807) is 60.7 Å². The number of hydrogen-bond acceptors (Lipinski definition) is 4. The minimum absolute atomic E-state index is 0.0390. The molecule has 0 spiro atoms. The van der Waals surface area contributed by atoms with Crippen LogP contribution in [0.1, 0.15) is 16.7 Å². The van der Waals surface area contributed by atoms with Gasteiger partial charge in [-0.15, -0.1) is 0 Å². The van der Waals surface area contributed by atoms with Gasteiger partial charge in [0.05, 0.1) is 4.47 Å². The molecule has 1 N–H and O–H groups in total. The minimum Gasteiger partial charge on any atom is -0.489 e. The van der Waals surface area contributed by atoms with Gasteiger partial charge in [0.2, 0.25) is 0 Å². The molecule has 0 aliphatic rings. The Morgan fingerprint density at radius 1 is 0.921 bits per heavy atom. The second-order valence-corrected chi connectivity index (χ2v) is 9.83. The smallest absolute Gasteiger partial charge is 0.266 e. The Bertz CT molecular complexity index is 1500. The number of nitrogens with one attached hydrogen (secondary N) is 1. The predicted octanol–water partition coefficient (Wildman–Crippen LogP) is 8.46. The van der Waals surface area contributed by atoms with Crippen LogP contribution in [0.4, 0.5) is 5.69 Å². The second kappa shape index (κ2) is 13.2. The molecule has 0 atom stereocenters. The molecule has 0 saturated carbocycles. The van der Waals surface area contributed by atoms with Gasteiger partial charge in [0.1, 0.15) is 36.4 Å². The van der Waals surface area contributed by atoms with Crippen molar-refractivity contribution in [1.29, 1.82) is 5.26 Å². The summed E-state index contributed by atoms with van der Waals surface area (Å²) in [4.78, 5) is 12.7. The highest BCUT2D eigenvalue weighted by Crippen LogP contribution is 2.29. The topological polar surface area (TPSA) is 71.3 Å². The van der Waals surface area contributed by atoms with Crippen LogP contribution in [0.5, 0.6) is 11.5 Å². The van der Waals surface area contributed by atoms with Gasteiger partial charge in [0, 0.05) is 21.3 Å². The van der Waals surface area contributed by atoms with Gasteiger partial charge < -0.3 is 14.8 Å². The van der Waals surface area contributed by atoms with Crippen LogP contribution in [-0.4, -0.2) is 5.91 Å². The van der Waals surface area contributed by atoms with E-state index in [2.05, 4.69) is 21.2 Å². The van der Waals surface area contributed by atoms with E-state index in [9.17, 15) is 10.1 Å². The van der Waals surface area contributed by atoms with E-state index < -0.39 is 5.91 Å². The van der Waals surface area contributed by atoms with Crippen LogP contribution in [-0.2, 0) is 18.0 Å². The number of amides is 1. The van der Waals surface area contributed by atoms with Gasteiger partial charge >= 0.3 is 0 Å². The van der Waals surface area contributed by atoms with E-state index in [0.717, 1.165) is 11.1 Å². The molecule has 0 aromatic heterocycles. The lowest BCUT2D eigenvalue weighted by Gasteiger charge is -2.11. The van der Waals surface area contributed by atoms with E-state index in [0.29, 0.717) is 43.9 Å². The fourth-order valence-corrected chi connectivity index (χ4v) is 4.38. The van der Waals surface area contributed by atoms with E-state index in [1.165, 1.54) is 6.08 Å². The van der Waals surface area contributed by atoms with Crippen molar-refractivity contribution in [2.45, 2.75) is 13.2 Å². The molecule has 0 saturated heterocycles. The molecule has 0 bridgehead atoms. The summed E-state index contributed by atoms with van der Waals surface area (Å²) in [5, 5.41) is 13.4. The molecule has 0 radical (unpaired) electrons. The summed E-state index contributed by atoms with van der Waals surface area (Å²) in [6.45, 7) is 0.702. The van der Waals surface area contributed by atoms with Crippen molar-refractivity contribution in [1.82, 2.24) is 0 Å². The van der Waals surface area contributed by atoms with Crippen LogP contribution in [0.3, 0.4) is 0 Å². The van der Waals surface area contributed by atoms with Crippen molar-refractivity contribution in [3.63, 3.8) is 0 Å². The van der Waals surface area contributed by atoms with Crippen molar-refractivity contribution in [2.24, 2.45) is 0 Å². The first-order valence-electron chi connectivity index (χ1n) is 11.5. The molecule has 4 aromatic carbocycles. The van der Waals surface area contributed by atoms with E-state index in [1.807, 2.05) is 36.4 Å². The van der Waals surface area contributed by atoms with Gasteiger partial charge in [-0.1, -0.05) is 65.7 Å². The monoisotopic (exact) mass is 606 g/mol. The van der Waals surface area contributed by atoms with E-state index in [-0.39, 0.29) is 12.2 Å². The van der Waals surface area contributed by atoms with Gasteiger partial charge in [-0.05, 0) is 81.7 Å². The number of carbonyl (C=O) groups excluding carboxylic acids is 1. The molecule has 190 valence electrons. The average molecular weight is 608 g/mol. The summed E-state index contributed by atoms with van der Waals surface area (Å²) >= 11 is 15.6. The maximum Gasteiger partial charge on any atom is 0.266 e. The average Bonchev–Trinajstić information content (AvgIpc) is 2.92. The molecule has 0 unspecified atom stereocenters. The van der Waals surface area contributed by atoms with Crippen LogP contribution >= 0.6 is 39.1 Å². The van der Waals surface area contributed by atoms with Crippen LogP contribution in [0.2, 0.25) is 10.0 Å². The van der Waals surface area contributed by atoms with Gasteiger partial charge in [0.25, 0.3) is 5.91 Å². The highest BCUT2D eigenvalue weighted by atomic mass is 79.9. The number of anilines is 1. The lowest BCUT2D eigenvalue weighted by molar-refractivity contribution is -0.112. The van der Waals surface area contributed by atoms with Crippen LogP contribution in [0, 0.1) is 11.3 Å². The quantitative estimate of drug-likeness (QED) is 0.153. The Morgan fingerprint density at radius 2 is 1.68 bits per heavy atom. The van der Waals surface area contributed by atoms with Gasteiger partial charge in [-0.25, -0.2) is 0 Å². The zero-order valence-electron chi connectivity index (χ0n) is 20.0. The third-order valence-corrected chi connectivity index (χ3v) is 6.60. The van der Waals surface area contributed by atoms with Gasteiger partial charge in [0.15, 0.2) is 0 Å². The Balaban J connectivity index is 1.36. The molecular weight excluding hydrogens is 587 g/mol. The molecule has 38 heavy (non-hydrogen) atoms. The first-order valence-corrected chi connectivity index (χ1v) is 13.0. The van der Waals surface area contributed by atoms with Crippen molar-refractivity contribution in [2.75, 3.05) is 5.32 Å². The molecule has 0 heterocycles. The fourth-order valence-electron chi connectivity index (χ4n) is 3.41. The third-order valence-electron chi connectivity index (χ3n) is 5.39. The molecule has 1 amide bonds. The first-order chi connectivity index (χ1) is 18.4. The molecule has 8 heteroatoms. The number of benzene rings is 4. The molecular formula is C30H21BrCl2N2O3. The van der Waals surface area contributed by atoms with Crippen molar-refractivity contribution in [3.05, 3.63) is 128 Å². The third kappa shape index (κ3) is 7.62. The maximum absolute atomic E-state index is 12.7. The summed E-state index contributed by atoms with van der Waals surface area (Å²) in [7, 11) is 0. The zero-order valence-corrected chi connectivity index (χ0v) is 23.1.